The van der Waals surface area contributed by atoms with Gasteiger partial charge >= 0.3 is 12.1 Å². The summed E-state index contributed by atoms with van der Waals surface area (Å²) in [5.41, 5.74) is 2.25. The molecule has 1 atom stereocenters. The molecule has 2 N–H and O–H groups in total. The Morgan fingerprint density at radius 2 is 1.88 bits per heavy atom. The van der Waals surface area contributed by atoms with Gasteiger partial charge in [-0.1, -0.05) is 31.5 Å². The number of hydrogen-bond donors (Lipinski definition) is 2. The van der Waals surface area contributed by atoms with E-state index in [1.165, 1.54) is 12.1 Å². The van der Waals surface area contributed by atoms with Crippen LogP contribution < -0.4 is 10.1 Å². The Labute approximate surface area is 229 Å². The van der Waals surface area contributed by atoms with Crippen LogP contribution in [0, 0.1) is 5.92 Å². The molecular weight excluding hydrogens is 523 g/mol. The molecule has 8 nitrogen and oxygen atoms in total. The molecule has 4 aromatic rings. The van der Waals surface area contributed by atoms with Crippen LogP contribution in [0.25, 0.3) is 22.6 Å². The van der Waals surface area contributed by atoms with E-state index in [2.05, 4.69) is 15.3 Å². The van der Waals surface area contributed by atoms with Gasteiger partial charge < -0.3 is 19.7 Å². The quantitative estimate of drug-likeness (QED) is 0.246. The topological polar surface area (TPSA) is 102 Å². The number of benzene rings is 2. The minimum absolute atomic E-state index is 0.0226. The minimum atomic E-state index is -4.45. The number of carbonyl (C=O) groups is 1. The van der Waals surface area contributed by atoms with Gasteiger partial charge in [0.05, 0.1) is 12.7 Å². The number of aromatic nitrogens is 4. The molecule has 11 heteroatoms. The van der Waals surface area contributed by atoms with Gasteiger partial charge in [0.25, 0.3) is 0 Å². The first-order valence-electron chi connectivity index (χ1n) is 13.2. The molecule has 0 amide bonds. The number of hydrogen-bond acceptors (Lipinski definition) is 6. The number of methoxy groups -OCH3 is 1. The molecule has 1 aliphatic carbocycles. The summed E-state index contributed by atoms with van der Waals surface area (Å²) < 4.78 is 47.0. The molecular formula is C29H30F3N5O3. The van der Waals surface area contributed by atoms with Gasteiger partial charge in [0.15, 0.2) is 11.5 Å². The van der Waals surface area contributed by atoms with Crippen molar-refractivity contribution in [3.05, 3.63) is 65.0 Å². The van der Waals surface area contributed by atoms with Gasteiger partial charge in [-0.25, -0.2) is 19.7 Å². The summed E-state index contributed by atoms with van der Waals surface area (Å²) in [6.07, 6.45) is -0.500. The number of halogens is 3. The van der Waals surface area contributed by atoms with Crippen molar-refractivity contribution < 1.29 is 27.8 Å². The van der Waals surface area contributed by atoms with Gasteiger partial charge in [-0.15, -0.1) is 0 Å². The van der Waals surface area contributed by atoms with Gasteiger partial charge in [-0.2, -0.15) is 13.2 Å². The third-order valence-corrected chi connectivity index (χ3v) is 7.58. The first-order chi connectivity index (χ1) is 19.1. The van der Waals surface area contributed by atoms with E-state index in [9.17, 15) is 23.1 Å². The predicted molar refractivity (Wildman–Crippen MR) is 145 cm³/mol. The van der Waals surface area contributed by atoms with E-state index in [1.807, 2.05) is 36.6 Å². The highest BCUT2D eigenvalue weighted by atomic mass is 19.4. The second-order valence-electron chi connectivity index (χ2n) is 10.1. The molecule has 2 heterocycles. The fourth-order valence-electron chi connectivity index (χ4n) is 5.05. The third kappa shape index (κ3) is 5.32. The SMILES string of the molecule is CCc1ccc(OC)cc1-c1nc2nc(C(=O)O)nc(N[C@H](C)C3CCC3)c2n1Cc1ccc(C(F)(F)F)cc1. The molecule has 210 valence electrons. The highest BCUT2D eigenvalue weighted by Crippen LogP contribution is 2.36. The summed E-state index contributed by atoms with van der Waals surface area (Å²) in [7, 11) is 1.56. The van der Waals surface area contributed by atoms with Gasteiger partial charge in [-0.05, 0) is 67.5 Å². The molecule has 2 aromatic carbocycles. The number of carboxylic acid groups (broad SMARTS) is 1. The summed E-state index contributed by atoms with van der Waals surface area (Å²) in [5.74, 6) is 0.178. The monoisotopic (exact) mass is 553 g/mol. The van der Waals surface area contributed by atoms with Crippen LogP contribution >= 0.6 is 0 Å². The number of fused-ring (bicyclic) bond motifs is 1. The molecule has 2 aromatic heterocycles. The average Bonchev–Trinajstić information content (AvgIpc) is 3.25. The van der Waals surface area contributed by atoms with Crippen LogP contribution in [-0.4, -0.2) is 43.7 Å². The Hall–Kier alpha value is -4.15. The van der Waals surface area contributed by atoms with Gasteiger partial charge in [0, 0.05) is 18.2 Å². The van der Waals surface area contributed by atoms with Crippen LogP contribution in [0.4, 0.5) is 19.0 Å². The number of nitrogens with zero attached hydrogens (tertiary/aromatic N) is 4. The molecule has 0 unspecified atom stereocenters. The van der Waals surface area contributed by atoms with Crippen molar-refractivity contribution in [2.24, 2.45) is 5.92 Å². The normalized spacial score (nSPS) is 14.7. The van der Waals surface area contributed by atoms with Crippen LogP contribution in [0.2, 0.25) is 0 Å². The molecule has 0 aliphatic heterocycles. The summed E-state index contributed by atoms with van der Waals surface area (Å²) in [4.78, 5) is 25.3. The molecule has 1 aliphatic rings. The first-order valence-corrected chi connectivity index (χ1v) is 13.2. The Balaban J connectivity index is 1.73. The number of alkyl halides is 3. The molecule has 1 fully saturated rings. The zero-order chi connectivity index (χ0) is 28.6. The first kappa shape index (κ1) is 27.4. The Morgan fingerprint density at radius 1 is 1.15 bits per heavy atom. The van der Waals surface area contributed by atoms with E-state index in [-0.39, 0.29) is 24.1 Å². The van der Waals surface area contributed by atoms with Crippen LogP contribution in [0.5, 0.6) is 5.75 Å². The largest absolute Gasteiger partial charge is 0.497 e. The lowest BCUT2D eigenvalue weighted by Crippen LogP contribution is -2.31. The fraction of sp³-hybridized carbons (Fsp3) is 0.379. The smallest absolute Gasteiger partial charge is 0.416 e. The number of ether oxygens (including phenoxy) is 1. The van der Waals surface area contributed by atoms with Crippen molar-refractivity contribution in [3.8, 4) is 17.1 Å². The van der Waals surface area contributed by atoms with E-state index >= 15 is 0 Å². The van der Waals surface area contributed by atoms with Gasteiger partial charge in [0.1, 0.15) is 17.1 Å². The summed E-state index contributed by atoms with van der Waals surface area (Å²) >= 11 is 0. The zero-order valence-electron chi connectivity index (χ0n) is 22.4. The van der Waals surface area contributed by atoms with Gasteiger partial charge in [0.2, 0.25) is 5.82 Å². The number of anilines is 1. The van der Waals surface area contributed by atoms with E-state index in [4.69, 9.17) is 9.72 Å². The second kappa shape index (κ2) is 10.8. The van der Waals surface area contributed by atoms with E-state index in [0.717, 1.165) is 42.5 Å². The Kier molecular flexibility index (Phi) is 7.39. The number of aromatic carboxylic acids is 1. The van der Waals surface area contributed by atoms with Crippen molar-refractivity contribution in [2.45, 2.75) is 58.3 Å². The maximum Gasteiger partial charge on any atom is 0.416 e. The maximum atomic E-state index is 13.2. The molecule has 1 saturated carbocycles. The van der Waals surface area contributed by atoms with Crippen molar-refractivity contribution in [1.29, 1.82) is 0 Å². The van der Waals surface area contributed by atoms with Crippen molar-refractivity contribution in [2.75, 3.05) is 12.4 Å². The van der Waals surface area contributed by atoms with E-state index in [0.29, 0.717) is 40.8 Å². The lowest BCUT2D eigenvalue weighted by atomic mass is 9.80. The zero-order valence-corrected chi connectivity index (χ0v) is 22.4. The van der Waals surface area contributed by atoms with Gasteiger partial charge in [-0.3, -0.25) is 0 Å². The van der Waals surface area contributed by atoms with Crippen molar-refractivity contribution in [3.63, 3.8) is 0 Å². The third-order valence-electron chi connectivity index (χ3n) is 7.58. The number of imidazole rings is 1. The Bertz CT molecular complexity index is 1550. The van der Waals surface area contributed by atoms with E-state index in [1.54, 1.807) is 7.11 Å². The Morgan fingerprint density at radius 3 is 2.45 bits per heavy atom. The van der Waals surface area contributed by atoms with Crippen molar-refractivity contribution >= 4 is 23.0 Å². The molecule has 0 radical (unpaired) electrons. The van der Waals surface area contributed by atoms with Crippen LogP contribution in [0.1, 0.15) is 60.4 Å². The predicted octanol–water partition coefficient (Wildman–Crippen LogP) is 6.43. The number of carboxylic acids is 1. The highest BCUT2D eigenvalue weighted by Gasteiger charge is 2.31. The summed E-state index contributed by atoms with van der Waals surface area (Å²) in [6.45, 7) is 4.20. The average molecular weight is 554 g/mol. The van der Waals surface area contributed by atoms with E-state index < -0.39 is 17.7 Å². The number of rotatable bonds is 9. The lowest BCUT2D eigenvalue weighted by Gasteiger charge is -2.32. The maximum absolute atomic E-state index is 13.2. The number of nitrogens with one attached hydrogen (secondary N) is 1. The summed E-state index contributed by atoms with van der Waals surface area (Å²) in [6, 6.07) is 10.6. The van der Waals surface area contributed by atoms with Crippen LogP contribution in [0.3, 0.4) is 0 Å². The second-order valence-corrected chi connectivity index (χ2v) is 10.1. The van der Waals surface area contributed by atoms with Crippen LogP contribution in [0.15, 0.2) is 42.5 Å². The van der Waals surface area contributed by atoms with Crippen molar-refractivity contribution in [1.82, 2.24) is 19.5 Å². The summed E-state index contributed by atoms with van der Waals surface area (Å²) in [5, 5.41) is 13.1. The molecule has 0 saturated heterocycles. The molecule has 40 heavy (non-hydrogen) atoms. The van der Waals surface area contributed by atoms with Crippen LogP contribution in [-0.2, 0) is 19.1 Å². The standard InChI is InChI=1S/C29H30F3N5O3/c1-4-18-10-13-21(40-3)14-22(18)27-36-25-23(37(27)15-17-8-11-20(12-9-17)29(30,31)32)24(34-26(35-25)28(38)39)33-16(2)19-6-5-7-19/h8-14,16,19H,4-7,15H2,1-3H3,(H,38,39)(H,33,34,35)/t16-/m1/s1. The highest BCUT2D eigenvalue weighted by molar-refractivity contribution is 5.92. The molecule has 5 rings (SSSR count). The number of aryl methyl sites for hydroxylation is 1. The molecule has 0 bridgehead atoms. The lowest BCUT2D eigenvalue weighted by molar-refractivity contribution is -0.137. The fourth-order valence-corrected chi connectivity index (χ4v) is 5.05. The molecule has 0 spiro atoms. The minimum Gasteiger partial charge on any atom is -0.497 e.